The number of halogens is 1. The monoisotopic (exact) mass is 347 g/mol. The molecular formula is C17H18ClN3OS. The van der Waals surface area contributed by atoms with Crippen molar-refractivity contribution in [2.24, 2.45) is 0 Å². The van der Waals surface area contributed by atoms with Gasteiger partial charge in [-0.15, -0.1) is 23.7 Å². The van der Waals surface area contributed by atoms with E-state index < -0.39 is 0 Å². The highest BCUT2D eigenvalue weighted by Crippen LogP contribution is 2.23. The first-order valence-corrected chi connectivity index (χ1v) is 8.44. The SMILES string of the molecule is Cl.c1csc(Cc2noc(-c3ccc4c(c3)CCNCC4)n2)c1. The van der Waals surface area contributed by atoms with Gasteiger partial charge in [-0.3, -0.25) is 0 Å². The maximum absolute atomic E-state index is 5.45. The van der Waals surface area contributed by atoms with Gasteiger partial charge < -0.3 is 9.84 Å². The van der Waals surface area contributed by atoms with Crippen LogP contribution in [-0.2, 0) is 19.3 Å². The predicted molar refractivity (Wildman–Crippen MR) is 94.4 cm³/mol. The summed E-state index contributed by atoms with van der Waals surface area (Å²) in [7, 11) is 0. The first kappa shape index (κ1) is 16.2. The molecule has 3 aromatic rings. The van der Waals surface area contributed by atoms with Crippen LogP contribution in [0, 0.1) is 0 Å². The lowest BCUT2D eigenvalue weighted by Crippen LogP contribution is -2.16. The van der Waals surface area contributed by atoms with Gasteiger partial charge in [0.15, 0.2) is 5.82 Å². The number of benzene rings is 1. The maximum atomic E-state index is 5.45. The van der Waals surface area contributed by atoms with Gasteiger partial charge in [0.25, 0.3) is 5.89 Å². The number of rotatable bonds is 3. The van der Waals surface area contributed by atoms with E-state index in [1.807, 2.05) is 6.07 Å². The Balaban J connectivity index is 0.00000156. The number of fused-ring (bicyclic) bond motifs is 1. The van der Waals surface area contributed by atoms with E-state index in [1.165, 1.54) is 16.0 Å². The van der Waals surface area contributed by atoms with Gasteiger partial charge in [0, 0.05) is 16.9 Å². The molecule has 1 aliphatic heterocycles. The average molecular weight is 348 g/mol. The molecule has 0 aliphatic carbocycles. The van der Waals surface area contributed by atoms with Crippen molar-refractivity contribution in [1.29, 1.82) is 0 Å². The number of thiophene rings is 1. The van der Waals surface area contributed by atoms with Crippen LogP contribution in [0.3, 0.4) is 0 Å². The molecule has 0 fully saturated rings. The molecule has 0 saturated carbocycles. The van der Waals surface area contributed by atoms with Crippen molar-refractivity contribution in [3.8, 4) is 11.5 Å². The van der Waals surface area contributed by atoms with E-state index in [0.717, 1.165) is 43.7 Å². The molecule has 1 aliphatic rings. The Morgan fingerprint density at radius 3 is 2.83 bits per heavy atom. The van der Waals surface area contributed by atoms with Gasteiger partial charge in [0.1, 0.15) is 0 Å². The highest BCUT2D eigenvalue weighted by atomic mass is 35.5. The summed E-state index contributed by atoms with van der Waals surface area (Å²) in [5, 5.41) is 9.60. The molecule has 1 N–H and O–H groups in total. The Kier molecular flexibility index (Phi) is 5.10. The van der Waals surface area contributed by atoms with Gasteiger partial charge in [0.2, 0.25) is 0 Å². The molecule has 0 radical (unpaired) electrons. The summed E-state index contributed by atoms with van der Waals surface area (Å²) >= 11 is 1.72. The zero-order valence-electron chi connectivity index (χ0n) is 12.6. The summed E-state index contributed by atoms with van der Waals surface area (Å²) < 4.78 is 5.45. The molecule has 0 saturated heterocycles. The van der Waals surface area contributed by atoms with E-state index >= 15 is 0 Å². The predicted octanol–water partition coefficient (Wildman–Crippen LogP) is 3.50. The van der Waals surface area contributed by atoms with E-state index in [2.05, 4.69) is 45.1 Å². The molecule has 6 heteroatoms. The number of hydrogen-bond donors (Lipinski definition) is 1. The molecule has 0 spiro atoms. The Morgan fingerprint density at radius 2 is 2.00 bits per heavy atom. The largest absolute Gasteiger partial charge is 0.334 e. The quantitative estimate of drug-likeness (QED) is 0.787. The van der Waals surface area contributed by atoms with Crippen molar-refractivity contribution in [2.75, 3.05) is 13.1 Å². The van der Waals surface area contributed by atoms with E-state index in [4.69, 9.17) is 4.52 Å². The van der Waals surface area contributed by atoms with Crippen LogP contribution < -0.4 is 5.32 Å². The average Bonchev–Trinajstić information content (AvgIpc) is 3.15. The molecule has 23 heavy (non-hydrogen) atoms. The van der Waals surface area contributed by atoms with Gasteiger partial charge in [0.05, 0.1) is 0 Å². The second-order valence-corrected chi connectivity index (χ2v) is 6.54. The summed E-state index contributed by atoms with van der Waals surface area (Å²) in [4.78, 5) is 5.79. The first-order valence-electron chi connectivity index (χ1n) is 7.56. The normalized spacial score (nSPS) is 13.9. The molecule has 0 amide bonds. The summed E-state index contributed by atoms with van der Waals surface area (Å²) in [5.41, 5.74) is 3.83. The molecule has 2 aromatic heterocycles. The Hall–Kier alpha value is -1.69. The van der Waals surface area contributed by atoms with E-state index in [9.17, 15) is 0 Å². The highest BCUT2D eigenvalue weighted by Gasteiger charge is 2.13. The minimum absolute atomic E-state index is 0. The zero-order valence-corrected chi connectivity index (χ0v) is 14.3. The van der Waals surface area contributed by atoms with Crippen LogP contribution in [0.15, 0.2) is 40.2 Å². The van der Waals surface area contributed by atoms with Gasteiger partial charge in [-0.25, -0.2) is 0 Å². The fraction of sp³-hybridized carbons (Fsp3) is 0.294. The van der Waals surface area contributed by atoms with Gasteiger partial charge in [-0.1, -0.05) is 17.3 Å². The third kappa shape index (κ3) is 3.63. The van der Waals surface area contributed by atoms with Crippen molar-refractivity contribution in [2.45, 2.75) is 19.3 Å². The number of aromatic nitrogens is 2. The van der Waals surface area contributed by atoms with Gasteiger partial charge in [-0.2, -0.15) is 4.98 Å². The van der Waals surface area contributed by atoms with Crippen molar-refractivity contribution < 1.29 is 4.52 Å². The van der Waals surface area contributed by atoms with Crippen LogP contribution in [0.2, 0.25) is 0 Å². The summed E-state index contributed by atoms with van der Waals surface area (Å²) in [6.45, 7) is 2.09. The second kappa shape index (κ2) is 7.25. The standard InChI is InChI=1S/C17H17N3OS.ClH/c1-2-15(22-9-1)11-16-19-17(21-20-16)14-4-3-12-5-7-18-8-6-13(12)10-14;/h1-4,9-10,18H,5-8,11H2;1H. The van der Waals surface area contributed by atoms with Crippen molar-refractivity contribution in [3.05, 3.63) is 57.5 Å². The van der Waals surface area contributed by atoms with Crippen molar-refractivity contribution >= 4 is 23.7 Å². The molecule has 0 unspecified atom stereocenters. The Morgan fingerprint density at radius 1 is 1.13 bits per heavy atom. The van der Waals surface area contributed by atoms with Crippen LogP contribution in [0.5, 0.6) is 0 Å². The van der Waals surface area contributed by atoms with Crippen molar-refractivity contribution in [1.82, 2.24) is 15.5 Å². The second-order valence-electron chi connectivity index (χ2n) is 5.51. The number of hydrogen-bond acceptors (Lipinski definition) is 5. The molecule has 120 valence electrons. The third-order valence-corrected chi connectivity index (χ3v) is 4.85. The van der Waals surface area contributed by atoms with Gasteiger partial charge >= 0.3 is 0 Å². The minimum atomic E-state index is 0. The molecular weight excluding hydrogens is 330 g/mol. The smallest absolute Gasteiger partial charge is 0.257 e. The van der Waals surface area contributed by atoms with Crippen LogP contribution >= 0.6 is 23.7 Å². The fourth-order valence-electron chi connectivity index (χ4n) is 2.82. The van der Waals surface area contributed by atoms with Crippen LogP contribution in [0.1, 0.15) is 21.8 Å². The lowest BCUT2D eigenvalue weighted by atomic mass is 10.00. The van der Waals surface area contributed by atoms with Gasteiger partial charge in [-0.05, 0) is 60.6 Å². The molecule has 0 atom stereocenters. The van der Waals surface area contributed by atoms with E-state index in [0.29, 0.717) is 5.89 Å². The summed E-state index contributed by atoms with van der Waals surface area (Å²) in [6.07, 6.45) is 2.87. The number of nitrogens with zero attached hydrogens (tertiary/aromatic N) is 2. The van der Waals surface area contributed by atoms with Crippen LogP contribution in [0.4, 0.5) is 0 Å². The maximum Gasteiger partial charge on any atom is 0.257 e. The van der Waals surface area contributed by atoms with Crippen LogP contribution in [0.25, 0.3) is 11.5 Å². The number of nitrogens with one attached hydrogen (secondary N) is 1. The fourth-order valence-corrected chi connectivity index (χ4v) is 3.52. The minimum Gasteiger partial charge on any atom is -0.334 e. The zero-order chi connectivity index (χ0) is 14.8. The first-order chi connectivity index (χ1) is 10.9. The summed E-state index contributed by atoms with van der Waals surface area (Å²) in [5.74, 6) is 1.36. The topological polar surface area (TPSA) is 51.0 Å². The molecule has 4 nitrogen and oxygen atoms in total. The molecule has 3 heterocycles. The molecule has 1 aromatic carbocycles. The van der Waals surface area contributed by atoms with E-state index in [-0.39, 0.29) is 12.4 Å². The Bertz CT molecular complexity index is 770. The highest BCUT2D eigenvalue weighted by molar-refractivity contribution is 7.09. The lowest BCUT2D eigenvalue weighted by molar-refractivity contribution is 0.424. The Labute approximate surface area is 145 Å². The lowest BCUT2D eigenvalue weighted by Gasteiger charge is -2.05. The van der Waals surface area contributed by atoms with E-state index in [1.54, 1.807) is 11.3 Å². The molecule has 4 rings (SSSR count). The summed E-state index contributed by atoms with van der Waals surface area (Å²) in [6, 6.07) is 10.6. The van der Waals surface area contributed by atoms with Crippen LogP contribution in [-0.4, -0.2) is 23.2 Å². The molecule has 0 bridgehead atoms. The van der Waals surface area contributed by atoms with Crippen molar-refractivity contribution in [3.63, 3.8) is 0 Å². The third-order valence-electron chi connectivity index (χ3n) is 3.98.